The summed E-state index contributed by atoms with van der Waals surface area (Å²) in [5.74, 6) is 1.08. The monoisotopic (exact) mass is 450 g/mol. The fourth-order valence-electron chi connectivity index (χ4n) is 4.43. The minimum atomic E-state index is -0.244. The van der Waals surface area contributed by atoms with Crippen LogP contribution in [0.25, 0.3) is 10.9 Å². The van der Waals surface area contributed by atoms with Crippen LogP contribution in [-0.4, -0.2) is 73.0 Å². The van der Waals surface area contributed by atoms with Gasteiger partial charge in [0.05, 0.1) is 26.4 Å². The summed E-state index contributed by atoms with van der Waals surface area (Å²) >= 11 is 0. The number of amides is 1. The number of carbonyl (C=O) groups excluding carboxylic acids is 1. The Bertz CT molecular complexity index is 1140. The Balaban J connectivity index is 1.46. The lowest BCUT2D eigenvalue weighted by Crippen LogP contribution is -2.40. The van der Waals surface area contributed by atoms with Gasteiger partial charge < -0.3 is 29.2 Å². The molecule has 33 heavy (non-hydrogen) atoms. The SMILES string of the molecule is Cc1c(C)n(C)c2ccc(NC(=O)c3cc(N4CCOCC4)nc(N4CCOCC4)n3)cc12. The van der Waals surface area contributed by atoms with Gasteiger partial charge in [-0.15, -0.1) is 0 Å². The molecular formula is C24H30N6O3. The van der Waals surface area contributed by atoms with Gasteiger partial charge in [-0.25, -0.2) is 4.98 Å². The number of nitrogens with one attached hydrogen (secondary N) is 1. The zero-order valence-electron chi connectivity index (χ0n) is 19.4. The average Bonchev–Trinajstić information content (AvgIpc) is 3.08. The fourth-order valence-corrected chi connectivity index (χ4v) is 4.43. The molecule has 0 spiro atoms. The minimum Gasteiger partial charge on any atom is -0.378 e. The molecule has 0 aliphatic carbocycles. The topological polar surface area (TPSA) is 84.8 Å². The average molecular weight is 451 g/mol. The molecule has 9 nitrogen and oxygen atoms in total. The van der Waals surface area contributed by atoms with E-state index in [1.165, 1.54) is 11.3 Å². The zero-order valence-corrected chi connectivity index (χ0v) is 19.4. The van der Waals surface area contributed by atoms with Crippen LogP contribution < -0.4 is 15.1 Å². The first-order chi connectivity index (χ1) is 16.0. The van der Waals surface area contributed by atoms with E-state index in [1.54, 1.807) is 6.07 Å². The van der Waals surface area contributed by atoms with Gasteiger partial charge in [0.25, 0.3) is 5.91 Å². The number of aryl methyl sites for hydroxylation is 2. The van der Waals surface area contributed by atoms with Gasteiger partial charge in [0.15, 0.2) is 0 Å². The number of hydrogen-bond donors (Lipinski definition) is 1. The van der Waals surface area contributed by atoms with E-state index in [1.807, 2.05) is 18.2 Å². The zero-order chi connectivity index (χ0) is 22.9. The van der Waals surface area contributed by atoms with Crippen molar-refractivity contribution >= 4 is 34.3 Å². The molecule has 2 aliphatic rings. The van der Waals surface area contributed by atoms with E-state index in [0.29, 0.717) is 51.2 Å². The molecule has 4 heterocycles. The van der Waals surface area contributed by atoms with Gasteiger partial charge in [-0.05, 0) is 37.6 Å². The Kier molecular flexibility index (Phi) is 5.90. The number of hydrogen-bond acceptors (Lipinski definition) is 7. The van der Waals surface area contributed by atoms with Crippen LogP contribution in [0.5, 0.6) is 0 Å². The maximum atomic E-state index is 13.3. The molecule has 5 rings (SSSR count). The number of ether oxygens (including phenoxy) is 2. The van der Waals surface area contributed by atoms with Crippen LogP contribution in [0.3, 0.4) is 0 Å². The van der Waals surface area contributed by atoms with Crippen molar-refractivity contribution in [2.45, 2.75) is 13.8 Å². The van der Waals surface area contributed by atoms with Crippen molar-refractivity contribution in [2.75, 3.05) is 67.7 Å². The fraction of sp³-hybridized carbons (Fsp3) is 0.458. The lowest BCUT2D eigenvalue weighted by atomic mass is 10.1. The Labute approximate surface area is 193 Å². The van der Waals surface area contributed by atoms with Gasteiger partial charge in [-0.2, -0.15) is 4.98 Å². The van der Waals surface area contributed by atoms with Gasteiger partial charge in [-0.1, -0.05) is 0 Å². The van der Waals surface area contributed by atoms with Crippen molar-refractivity contribution in [1.29, 1.82) is 0 Å². The predicted octanol–water partition coefficient (Wildman–Crippen LogP) is 2.51. The third-order valence-corrected chi connectivity index (χ3v) is 6.63. The van der Waals surface area contributed by atoms with E-state index in [9.17, 15) is 4.79 Å². The molecule has 2 saturated heterocycles. The molecule has 0 atom stereocenters. The van der Waals surface area contributed by atoms with Gasteiger partial charge in [-0.3, -0.25) is 4.79 Å². The van der Waals surface area contributed by atoms with Crippen molar-refractivity contribution in [3.8, 4) is 0 Å². The van der Waals surface area contributed by atoms with Crippen LogP contribution in [0.2, 0.25) is 0 Å². The van der Waals surface area contributed by atoms with E-state index in [0.717, 1.165) is 35.5 Å². The maximum Gasteiger partial charge on any atom is 0.274 e. The molecule has 174 valence electrons. The number of nitrogens with zero attached hydrogens (tertiary/aromatic N) is 5. The number of morpholine rings is 2. The summed E-state index contributed by atoms with van der Waals surface area (Å²) < 4.78 is 13.1. The van der Waals surface area contributed by atoms with Crippen molar-refractivity contribution in [3.63, 3.8) is 0 Å². The van der Waals surface area contributed by atoms with Gasteiger partial charge in [0.2, 0.25) is 5.95 Å². The second kappa shape index (κ2) is 8.99. The predicted molar refractivity (Wildman–Crippen MR) is 128 cm³/mol. The van der Waals surface area contributed by atoms with Gasteiger partial charge in [0, 0.05) is 61.6 Å². The molecule has 2 aromatic heterocycles. The number of anilines is 3. The highest BCUT2D eigenvalue weighted by molar-refractivity contribution is 6.04. The summed E-state index contributed by atoms with van der Waals surface area (Å²) in [6, 6.07) is 7.79. The molecule has 0 radical (unpaired) electrons. The van der Waals surface area contributed by atoms with Crippen molar-refractivity contribution < 1.29 is 14.3 Å². The van der Waals surface area contributed by atoms with E-state index in [-0.39, 0.29) is 5.91 Å². The first kappa shape index (κ1) is 21.7. The van der Waals surface area contributed by atoms with Crippen LogP contribution in [0.15, 0.2) is 24.3 Å². The highest BCUT2D eigenvalue weighted by Crippen LogP contribution is 2.27. The van der Waals surface area contributed by atoms with Crippen LogP contribution in [-0.2, 0) is 16.5 Å². The Hall–Kier alpha value is -3.17. The molecule has 1 N–H and O–H groups in total. The smallest absolute Gasteiger partial charge is 0.274 e. The van der Waals surface area contributed by atoms with Gasteiger partial charge >= 0.3 is 0 Å². The maximum absolute atomic E-state index is 13.3. The largest absolute Gasteiger partial charge is 0.378 e. The summed E-state index contributed by atoms with van der Waals surface area (Å²) in [4.78, 5) is 26.9. The van der Waals surface area contributed by atoms with Crippen LogP contribution in [0.1, 0.15) is 21.7 Å². The Morgan fingerprint density at radius 2 is 1.61 bits per heavy atom. The number of carbonyl (C=O) groups is 1. The standard InChI is InChI=1S/C24H30N6O3/c1-16-17(2)28(3)21-5-4-18(14-19(16)21)25-23(31)20-15-22(29-6-10-32-11-7-29)27-24(26-20)30-8-12-33-13-9-30/h4-5,14-15H,6-13H2,1-3H3,(H,25,31). The van der Waals surface area contributed by atoms with E-state index in [2.05, 4.69) is 45.6 Å². The molecule has 3 aromatic rings. The molecule has 2 fully saturated rings. The molecule has 0 unspecified atom stereocenters. The van der Waals surface area contributed by atoms with Crippen molar-refractivity contribution in [2.24, 2.45) is 7.05 Å². The summed E-state index contributed by atoms with van der Waals surface area (Å²) in [5, 5.41) is 4.18. The number of aromatic nitrogens is 3. The van der Waals surface area contributed by atoms with Crippen LogP contribution in [0.4, 0.5) is 17.5 Å². The van der Waals surface area contributed by atoms with E-state index in [4.69, 9.17) is 14.5 Å². The number of fused-ring (bicyclic) bond motifs is 1. The first-order valence-electron chi connectivity index (χ1n) is 11.4. The van der Waals surface area contributed by atoms with E-state index < -0.39 is 0 Å². The molecular weight excluding hydrogens is 420 g/mol. The quantitative estimate of drug-likeness (QED) is 0.654. The summed E-state index contributed by atoms with van der Waals surface area (Å²) in [7, 11) is 2.06. The molecule has 9 heteroatoms. The third kappa shape index (κ3) is 4.26. The second-order valence-electron chi connectivity index (χ2n) is 8.57. The van der Waals surface area contributed by atoms with Crippen LogP contribution in [0, 0.1) is 13.8 Å². The molecule has 2 aliphatic heterocycles. The number of benzene rings is 1. The Morgan fingerprint density at radius 1 is 0.939 bits per heavy atom. The lowest BCUT2D eigenvalue weighted by molar-refractivity contribution is 0.102. The van der Waals surface area contributed by atoms with E-state index >= 15 is 0 Å². The summed E-state index contributed by atoms with van der Waals surface area (Å²) in [6.07, 6.45) is 0. The van der Waals surface area contributed by atoms with Gasteiger partial charge in [0.1, 0.15) is 11.5 Å². The minimum absolute atomic E-state index is 0.244. The normalized spacial score (nSPS) is 16.9. The summed E-state index contributed by atoms with van der Waals surface area (Å²) in [6.45, 7) is 9.65. The first-order valence-corrected chi connectivity index (χ1v) is 11.4. The molecule has 0 bridgehead atoms. The highest BCUT2D eigenvalue weighted by Gasteiger charge is 2.22. The molecule has 1 amide bonds. The third-order valence-electron chi connectivity index (χ3n) is 6.63. The second-order valence-corrected chi connectivity index (χ2v) is 8.57. The highest BCUT2D eigenvalue weighted by atomic mass is 16.5. The van der Waals surface area contributed by atoms with Crippen LogP contribution >= 0.6 is 0 Å². The van der Waals surface area contributed by atoms with Crippen molar-refractivity contribution in [3.05, 3.63) is 41.2 Å². The number of rotatable bonds is 4. The summed E-state index contributed by atoms with van der Waals surface area (Å²) in [5.41, 5.74) is 4.69. The molecule has 1 aromatic carbocycles. The Morgan fingerprint density at radius 3 is 2.30 bits per heavy atom. The molecule has 0 saturated carbocycles. The lowest BCUT2D eigenvalue weighted by Gasteiger charge is -2.31. The van der Waals surface area contributed by atoms with Crippen molar-refractivity contribution in [1.82, 2.24) is 14.5 Å².